The molecule has 2 aromatic heterocycles. The van der Waals surface area contributed by atoms with Crippen molar-refractivity contribution in [3.8, 4) is 0 Å². The molecule has 1 aliphatic carbocycles. The van der Waals surface area contributed by atoms with Gasteiger partial charge in [-0.25, -0.2) is 15.0 Å². The van der Waals surface area contributed by atoms with Crippen molar-refractivity contribution in [2.75, 3.05) is 18.0 Å². The third kappa shape index (κ3) is 4.40. The molecule has 0 radical (unpaired) electrons. The lowest BCUT2D eigenvalue weighted by Crippen LogP contribution is -2.46. The number of likely N-dealkylation sites (tertiary alicyclic amines) is 1. The topological polar surface area (TPSA) is 45.2 Å². The van der Waals surface area contributed by atoms with Gasteiger partial charge in [0.15, 0.2) is 0 Å². The predicted octanol–water partition coefficient (Wildman–Crippen LogP) is 3.89. The zero-order valence-corrected chi connectivity index (χ0v) is 15.9. The minimum Gasteiger partial charge on any atom is -0.350 e. The second-order valence-electron chi connectivity index (χ2n) is 7.25. The van der Waals surface area contributed by atoms with E-state index in [0.29, 0.717) is 11.9 Å². The molecule has 2 aromatic rings. The first kappa shape index (κ1) is 18.6. The Labute approximate surface area is 160 Å². The highest BCUT2D eigenvalue weighted by molar-refractivity contribution is 7.11. The highest BCUT2D eigenvalue weighted by Gasteiger charge is 2.38. The van der Waals surface area contributed by atoms with Crippen molar-refractivity contribution < 1.29 is 13.2 Å². The summed E-state index contributed by atoms with van der Waals surface area (Å²) in [5.74, 6) is 0.413. The van der Waals surface area contributed by atoms with E-state index in [1.807, 2.05) is 13.1 Å². The van der Waals surface area contributed by atoms with Crippen LogP contribution in [0.25, 0.3) is 0 Å². The van der Waals surface area contributed by atoms with Crippen LogP contribution in [0.15, 0.2) is 18.6 Å². The third-order valence-corrected chi connectivity index (χ3v) is 6.04. The monoisotopic (exact) mass is 397 g/mol. The van der Waals surface area contributed by atoms with E-state index in [4.69, 9.17) is 0 Å². The number of aromatic nitrogens is 3. The molecule has 9 heteroatoms. The molecule has 0 bridgehead atoms. The van der Waals surface area contributed by atoms with Crippen LogP contribution in [0.4, 0.5) is 19.0 Å². The number of aryl methyl sites for hydroxylation is 1. The maximum absolute atomic E-state index is 13.0. The Morgan fingerprint density at radius 3 is 2.41 bits per heavy atom. The Hall–Kier alpha value is -1.74. The molecule has 2 aliphatic rings. The van der Waals surface area contributed by atoms with Crippen molar-refractivity contribution in [2.45, 2.75) is 57.4 Å². The van der Waals surface area contributed by atoms with Gasteiger partial charge >= 0.3 is 6.18 Å². The van der Waals surface area contributed by atoms with Gasteiger partial charge in [0.05, 0.1) is 5.01 Å². The summed E-state index contributed by atoms with van der Waals surface area (Å²) in [4.78, 5) is 17.7. The fourth-order valence-electron chi connectivity index (χ4n) is 3.72. The van der Waals surface area contributed by atoms with E-state index in [9.17, 15) is 13.2 Å². The Balaban J connectivity index is 1.44. The SMILES string of the molecule is Cc1ncc(CN2CCC(N(c3cc(C(F)(F)F)ncn3)C3CC3)CC2)s1. The quantitative estimate of drug-likeness (QED) is 0.766. The van der Waals surface area contributed by atoms with Gasteiger partial charge in [-0.1, -0.05) is 0 Å². The van der Waals surface area contributed by atoms with E-state index in [1.54, 1.807) is 11.3 Å². The van der Waals surface area contributed by atoms with Crippen LogP contribution in [-0.4, -0.2) is 45.0 Å². The lowest BCUT2D eigenvalue weighted by molar-refractivity contribution is -0.141. The molecular formula is C18H22F3N5S. The van der Waals surface area contributed by atoms with Gasteiger partial charge in [0.1, 0.15) is 17.8 Å². The summed E-state index contributed by atoms with van der Waals surface area (Å²) in [6, 6.07) is 1.64. The largest absolute Gasteiger partial charge is 0.433 e. The molecule has 2 fully saturated rings. The number of anilines is 1. The zero-order chi connectivity index (χ0) is 19.0. The third-order valence-electron chi connectivity index (χ3n) is 5.15. The van der Waals surface area contributed by atoms with Gasteiger partial charge in [0.2, 0.25) is 0 Å². The first-order valence-corrected chi connectivity index (χ1v) is 10.0. The van der Waals surface area contributed by atoms with Crippen LogP contribution >= 0.6 is 11.3 Å². The maximum Gasteiger partial charge on any atom is 0.433 e. The number of nitrogens with zero attached hydrogens (tertiary/aromatic N) is 5. The molecule has 3 heterocycles. The molecule has 0 aromatic carbocycles. The van der Waals surface area contributed by atoms with Gasteiger partial charge in [0.25, 0.3) is 0 Å². The van der Waals surface area contributed by atoms with E-state index in [1.165, 1.54) is 4.88 Å². The Kier molecular flexibility index (Phi) is 5.07. The van der Waals surface area contributed by atoms with Gasteiger partial charge in [-0.2, -0.15) is 13.2 Å². The molecule has 4 rings (SSSR count). The normalized spacial score (nSPS) is 19.4. The smallest absolute Gasteiger partial charge is 0.350 e. The molecule has 1 saturated heterocycles. The molecule has 0 unspecified atom stereocenters. The lowest BCUT2D eigenvalue weighted by Gasteiger charge is -2.39. The molecule has 27 heavy (non-hydrogen) atoms. The van der Waals surface area contributed by atoms with Crippen LogP contribution in [0.5, 0.6) is 0 Å². The summed E-state index contributed by atoms with van der Waals surface area (Å²) >= 11 is 1.72. The van der Waals surface area contributed by atoms with Crippen LogP contribution in [0.1, 0.15) is 41.3 Å². The van der Waals surface area contributed by atoms with Gasteiger partial charge in [0, 0.05) is 48.9 Å². The van der Waals surface area contributed by atoms with E-state index < -0.39 is 11.9 Å². The second-order valence-corrected chi connectivity index (χ2v) is 8.57. The van der Waals surface area contributed by atoms with Crippen LogP contribution < -0.4 is 4.90 Å². The zero-order valence-electron chi connectivity index (χ0n) is 15.1. The second kappa shape index (κ2) is 7.35. The molecule has 1 saturated carbocycles. The summed E-state index contributed by atoms with van der Waals surface area (Å²) in [5.41, 5.74) is -0.865. The molecule has 0 amide bonds. The van der Waals surface area contributed by atoms with Gasteiger partial charge in [-0.05, 0) is 32.6 Å². The first-order chi connectivity index (χ1) is 12.9. The van der Waals surface area contributed by atoms with Crippen molar-refractivity contribution in [1.29, 1.82) is 0 Å². The van der Waals surface area contributed by atoms with Crippen LogP contribution in [0, 0.1) is 6.92 Å². The number of alkyl halides is 3. The van der Waals surface area contributed by atoms with Crippen molar-refractivity contribution in [3.05, 3.63) is 34.2 Å². The Morgan fingerprint density at radius 2 is 1.81 bits per heavy atom. The van der Waals surface area contributed by atoms with Gasteiger partial charge < -0.3 is 4.90 Å². The molecular weight excluding hydrogens is 375 g/mol. The van der Waals surface area contributed by atoms with Crippen molar-refractivity contribution >= 4 is 17.2 Å². The van der Waals surface area contributed by atoms with Gasteiger partial charge in [-0.3, -0.25) is 4.90 Å². The van der Waals surface area contributed by atoms with Gasteiger partial charge in [-0.15, -0.1) is 11.3 Å². The van der Waals surface area contributed by atoms with E-state index in [0.717, 1.165) is 62.7 Å². The highest BCUT2D eigenvalue weighted by Crippen LogP contribution is 2.37. The molecule has 146 valence electrons. The maximum atomic E-state index is 13.0. The van der Waals surface area contributed by atoms with E-state index >= 15 is 0 Å². The standard InChI is InChI=1S/C18H22F3N5S/c1-12-22-9-15(27-12)10-25-6-4-14(5-7-25)26(13-2-3-13)17-8-16(18(19,20)21)23-11-24-17/h8-9,11,13-14H,2-7,10H2,1H3. The molecule has 5 nitrogen and oxygen atoms in total. The fraction of sp³-hybridized carbons (Fsp3) is 0.611. The van der Waals surface area contributed by atoms with E-state index in [2.05, 4.69) is 24.8 Å². The average Bonchev–Trinajstić information content (AvgIpc) is 3.38. The van der Waals surface area contributed by atoms with Crippen LogP contribution in [0.3, 0.4) is 0 Å². The number of hydrogen-bond donors (Lipinski definition) is 0. The van der Waals surface area contributed by atoms with E-state index in [-0.39, 0.29) is 6.04 Å². The van der Waals surface area contributed by atoms with Crippen molar-refractivity contribution in [1.82, 2.24) is 19.9 Å². The summed E-state index contributed by atoms with van der Waals surface area (Å²) < 4.78 is 39.1. The minimum atomic E-state index is -4.44. The molecule has 0 spiro atoms. The predicted molar refractivity (Wildman–Crippen MR) is 97.7 cm³/mol. The van der Waals surface area contributed by atoms with Crippen molar-refractivity contribution in [3.63, 3.8) is 0 Å². The minimum absolute atomic E-state index is 0.230. The molecule has 0 atom stereocenters. The summed E-state index contributed by atoms with van der Waals surface area (Å²) in [6.07, 6.45) is 2.43. The Bertz CT molecular complexity index is 781. The molecule has 0 N–H and O–H groups in total. The lowest BCUT2D eigenvalue weighted by atomic mass is 10.0. The number of hydrogen-bond acceptors (Lipinski definition) is 6. The first-order valence-electron chi connectivity index (χ1n) is 9.21. The number of thiazole rings is 1. The van der Waals surface area contributed by atoms with Crippen LogP contribution in [-0.2, 0) is 12.7 Å². The number of piperidine rings is 1. The van der Waals surface area contributed by atoms with Crippen LogP contribution in [0.2, 0.25) is 0 Å². The highest BCUT2D eigenvalue weighted by atomic mass is 32.1. The Morgan fingerprint density at radius 1 is 1.11 bits per heavy atom. The summed E-state index contributed by atoms with van der Waals surface area (Å²) in [5, 5.41) is 1.07. The number of rotatable bonds is 5. The molecule has 1 aliphatic heterocycles. The average molecular weight is 397 g/mol. The fourth-order valence-corrected chi connectivity index (χ4v) is 4.56. The number of halogens is 3. The summed E-state index contributed by atoms with van der Waals surface area (Å²) in [7, 11) is 0. The van der Waals surface area contributed by atoms with Crippen molar-refractivity contribution in [2.24, 2.45) is 0 Å². The summed E-state index contributed by atoms with van der Waals surface area (Å²) in [6.45, 7) is 4.77.